The van der Waals surface area contributed by atoms with Gasteiger partial charge in [-0.1, -0.05) is 13.8 Å². The standard InChI is InChI=1S/C20H32N4O3/c1-4-24(5-2)18(19-10-7-14-27-19)15-23-20(21-3)22-11-8-12-25-16-17-9-6-13-26-17/h6-7,9-10,13-14,18H,4-5,8,11-12,15-16H2,1-3H3,(H2,21,22,23). The van der Waals surface area contributed by atoms with Crippen LogP contribution in [-0.2, 0) is 11.3 Å². The molecule has 0 aliphatic heterocycles. The summed E-state index contributed by atoms with van der Waals surface area (Å²) in [5, 5.41) is 6.73. The third-order valence-corrected chi connectivity index (χ3v) is 4.39. The number of hydrogen-bond donors (Lipinski definition) is 2. The minimum Gasteiger partial charge on any atom is -0.468 e. The van der Waals surface area contributed by atoms with Crippen molar-refractivity contribution in [2.75, 3.05) is 39.8 Å². The molecule has 2 aromatic heterocycles. The van der Waals surface area contributed by atoms with Gasteiger partial charge in [-0.2, -0.15) is 0 Å². The highest BCUT2D eigenvalue weighted by Gasteiger charge is 2.20. The van der Waals surface area contributed by atoms with Crippen molar-refractivity contribution in [2.24, 2.45) is 4.99 Å². The summed E-state index contributed by atoms with van der Waals surface area (Å²) in [6.45, 7) is 8.93. The molecule has 1 atom stereocenters. The van der Waals surface area contributed by atoms with E-state index in [0.717, 1.165) is 50.1 Å². The van der Waals surface area contributed by atoms with Gasteiger partial charge in [0.05, 0.1) is 18.6 Å². The van der Waals surface area contributed by atoms with Crippen LogP contribution in [0.15, 0.2) is 50.6 Å². The van der Waals surface area contributed by atoms with Crippen molar-refractivity contribution >= 4 is 5.96 Å². The number of hydrogen-bond acceptors (Lipinski definition) is 5. The Balaban J connectivity index is 1.70. The third kappa shape index (κ3) is 7.11. The molecule has 0 aliphatic rings. The molecule has 0 amide bonds. The Morgan fingerprint density at radius 1 is 1.15 bits per heavy atom. The van der Waals surface area contributed by atoms with Gasteiger partial charge in [0.25, 0.3) is 0 Å². The summed E-state index contributed by atoms with van der Waals surface area (Å²) in [6.07, 6.45) is 4.27. The van der Waals surface area contributed by atoms with Crippen LogP contribution in [-0.4, -0.2) is 50.7 Å². The van der Waals surface area contributed by atoms with E-state index in [4.69, 9.17) is 13.6 Å². The topological polar surface area (TPSA) is 75.2 Å². The van der Waals surface area contributed by atoms with Gasteiger partial charge in [-0.15, -0.1) is 0 Å². The zero-order chi connectivity index (χ0) is 19.3. The number of guanidine groups is 1. The van der Waals surface area contributed by atoms with Gasteiger partial charge in [0.2, 0.25) is 0 Å². The molecule has 2 rings (SSSR count). The maximum absolute atomic E-state index is 5.64. The Morgan fingerprint density at radius 2 is 1.93 bits per heavy atom. The lowest BCUT2D eigenvalue weighted by Gasteiger charge is -2.28. The van der Waals surface area contributed by atoms with E-state index in [2.05, 4.69) is 34.4 Å². The van der Waals surface area contributed by atoms with Crippen molar-refractivity contribution in [3.63, 3.8) is 0 Å². The van der Waals surface area contributed by atoms with Crippen molar-refractivity contribution < 1.29 is 13.6 Å². The monoisotopic (exact) mass is 376 g/mol. The van der Waals surface area contributed by atoms with E-state index in [1.807, 2.05) is 24.3 Å². The van der Waals surface area contributed by atoms with Gasteiger partial charge in [-0.25, -0.2) is 0 Å². The summed E-state index contributed by atoms with van der Waals surface area (Å²) in [7, 11) is 1.78. The van der Waals surface area contributed by atoms with Gasteiger partial charge in [-0.3, -0.25) is 9.89 Å². The average Bonchev–Trinajstić information content (AvgIpc) is 3.40. The summed E-state index contributed by atoms with van der Waals surface area (Å²) in [5.41, 5.74) is 0. The third-order valence-electron chi connectivity index (χ3n) is 4.39. The van der Waals surface area contributed by atoms with Crippen molar-refractivity contribution in [1.29, 1.82) is 0 Å². The highest BCUT2D eigenvalue weighted by Crippen LogP contribution is 2.20. The Labute approximate surface area is 161 Å². The summed E-state index contributed by atoms with van der Waals surface area (Å²) < 4.78 is 16.5. The zero-order valence-corrected chi connectivity index (χ0v) is 16.6. The predicted octanol–water partition coefficient (Wildman–Crippen LogP) is 3.03. The van der Waals surface area contributed by atoms with Crippen LogP contribution in [0.25, 0.3) is 0 Å². The Hall–Kier alpha value is -2.25. The van der Waals surface area contributed by atoms with Crippen molar-refractivity contribution in [2.45, 2.75) is 32.9 Å². The van der Waals surface area contributed by atoms with E-state index in [9.17, 15) is 0 Å². The predicted molar refractivity (Wildman–Crippen MR) is 107 cm³/mol. The maximum atomic E-state index is 5.64. The second kappa shape index (κ2) is 12.2. The first-order valence-electron chi connectivity index (χ1n) is 9.60. The molecule has 0 saturated carbocycles. The zero-order valence-electron chi connectivity index (χ0n) is 16.6. The maximum Gasteiger partial charge on any atom is 0.191 e. The fourth-order valence-electron chi connectivity index (χ4n) is 2.92. The Kier molecular flexibility index (Phi) is 9.51. The molecule has 1 unspecified atom stereocenters. The van der Waals surface area contributed by atoms with Crippen molar-refractivity contribution in [3.05, 3.63) is 48.3 Å². The second-order valence-electron chi connectivity index (χ2n) is 6.12. The molecule has 0 bridgehead atoms. The molecule has 0 aromatic carbocycles. The summed E-state index contributed by atoms with van der Waals surface area (Å²) >= 11 is 0. The molecule has 0 fully saturated rings. The molecule has 7 heteroatoms. The number of likely N-dealkylation sites (N-methyl/N-ethyl adjacent to an activating group) is 1. The van der Waals surface area contributed by atoms with Gasteiger partial charge < -0.3 is 24.2 Å². The van der Waals surface area contributed by atoms with Crippen LogP contribution in [0.2, 0.25) is 0 Å². The van der Waals surface area contributed by atoms with Crippen LogP contribution in [0.5, 0.6) is 0 Å². The van der Waals surface area contributed by atoms with E-state index in [0.29, 0.717) is 13.2 Å². The molecular weight excluding hydrogens is 344 g/mol. The SMILES string of the molecule is CCN(CC)C(CNC(=NC)NCCCOCc1ccco1)c1ccco1. The lowest BCUT2D eigenvalue weighted by molar-refractivity contribution is 0.105. The number of nitrogens with one attached hydrogen (secondary N) is 2. The van der Waals surface area contributed by atoms with Crippen LogP contribution in [0.4, 0.5) is 0 Å². The fraction of sp³-hybridized carbons (Fsp3) is 0.550. The smallest absolute Gasteiger partial charge is 0.191 e. The van der Waals surface area contributed by atoms with Crippen LogP contribution in [0.3, 0.4) is 0 Å². The van der Waals surface area contributed by atoms with E-state index >= 15 is 0 Å². The second-order valence-corrected chi connectivity index (χ2v) is 6.12. The normalized spacial score (nSPS) is 13.1. The largest absolute Gasteiger partial charge is 0.468 e. The lowest BCUT2D eigenvalue weighted by Crippen LogP contribution is -2.43. The van der Waals surface area contributed by atoms with Crippen molar-refractivity contribution in [1.82, 2.24) is 15.5 Å². The minimum absolute atomic E-state index is 0.171. The minimum atomic E-state index is 0.171. The quantitative estimate of drug-likeness (QED) is 0.337. The fourth-order valence-corrected chi connectivity index (χ4v) is 2.92. The summed E-state index contributed by atoms with van der Waals surface area (Å²) in [5.74, 6) is 2.60. The van der Waals surface area contributed by atoms with Crippen molar-refractivity contribution in [3.8, 4) is 0 Å². The first-order chi connectivity index (χ1) is 13.3. The van der Waals surface area contributed by atoms with E-state index in [-0.39, 0.29) is 6.04 Å². The number of rotatable bonds is 12. The first-order valence-corrected chi connectivity index (χ1v) is 9.60. The summed E-state index contributed by atoms with van der Waals surface area (Å²) in [4.78, 5) is 6.66. The number of furan rings is 2. The molecule has 0 saturated heterocycles. The number of nitrogens with zero attached hydrogens (tertiary/aromatic N) is 2. The molecule has 150 valence electrons. The molecule has 27 heavy (non-hydrogen) atoms. The highest BCUT2D eigenvalue weighted by atomic mass is 16.5. The molecule has 2 N–H and O–H groups in total. The van der Waals surface area contributed by atoms with Gasteiger partial charge in [-0.05, 0) is 43.8 Å². The van der Waals surface area contributed by atoms with Crippen LogP contribution < -0.4 is 10.6 Å². The Bertz CT molecular complexity index is 622. The van der Waals surface area contributed by atoms with E-state index in [1.165, 1.54) is 0 Å². The van der Waals surface area contributed by atoms with Gasteiger partial charge in [0, 0.05) is 26.7 Å². The Morgan fingerprint density at radius 3 is 2.56 bits per heavy atom. The average molecular weight is 377 g/mol. The molecule has 0 spiro atoms. The van der Waals surface area contributed by atoms with E-state index in [1.54, 1.807) is 19.6 Å². The first kappa shape index (κ1) is 21.1. The van der Waals surface area contributed by atoms with Gasteiger partial charge in [0.15, 0.2) is 5.96 Å². The van der Waals surface area contributed by atoms with Crippen LogP contribution in [0, 0.1) is 0 Å². The molecule has 2 aromatic rings. The van der Waals surface area contributed by atoms with Gasteiger partial charge in [0.1, 0.15) is 18.1 Å². The number of aliphatic imine (C=N–C) groups is 1. The summed E-state index contributed by atoms with van der Waals surface area (Å²) in [6, 6.07) is 7.91. The van der Waals surface area contributed by atoms with E-state index < -0.39 is 0 Å². The molecule has 2 heterocycles. The molecule has 7 nitrogen and oxygen atoms in total. The van der Waals surface area contributed by atoms with Crippen LogP contribution >= 0.6 is 0 Å². The molecule has 0 radical (unpaired) electrons. The lowest BCUT2D eigenvalue weighted by atomic mass is 10.2. The molecule has 0 aliphatic carbocycles. The van der Waals surface area contributed by atoms with Gasteiger partial charge >= 0.3 is 0 Å². The number of ether oxygens (including phenoxy) is 1. The molecular formula is C20H32N4O3. The highest BCUT2D eigenvalue weighted by molar-refractivity contribution is 5.79. The van der Waals surface area contributed by atoms with Crippen LogP contribution in [0.1, 0.15) is 37.8 Å².